The highest BCUT2D eigenvalue weighted by atomic mass is 32.2. The molecule has 1 rings (SSSR count). The van der Waals surface area contributed by atoms with Crippen LogP contribution in [0, 0.1) is 6.92 Å². The van der Waals surface area contributed by atoms with Gasteiger partial charge in [0, 0.05) is 17.0 Å². The molecule has 1 aromatic rings. The van der Waals surface area contributed by atoms with E-state index in [-0.39, 0.29) is 17.3 Å². The van der Waals surface area contributed by atoms with Crippen molar-refractivity contribution < 1.29 is 9.53 Å². The quantitative estimate of drug-likeness (QED) is 0.805. The first-order chi connectivity index (χ1) is 8.54. The normalized spacial score (nSPS) is 14.0. The number of hydrogen-bond acceptors (Lipinski definition) is 4. The molecule has 0 aliphatic rings. The lowest BCUT2D eigenvalue weighted by Crippen LogP contribution is -2.23. The van der Waals surface area contributed by atoms with Gasteiger partial charge in [0.25, 0.3) is 0 Å². The molecule has 0 amide bonds. The Labute approximate surface area is 113 Å². The summed E-state index contributed by atoms with van der Waals surface area (Å²) in [4.78, 5) is 11.1. The highest BCUT2D eigenvalue weighted by Gasteiger charge is 2.17. The van der Waals surface area contributed by atoms with Crippen LogP contribution in [0.5, 0.6) is 0 Å². The van der Waals surface area contributed by atoms with E-state index in [0.717, 1.165) is 5.75 Å². The van der Waals surface area contributed by atoms with Crippen LogP contribution in [0.1, 0.15) is 29.7 Å². The fourth-order valence-corrected chi connectivity index (χ4v) is 2.95. The first kappa shape index (κ1) is 15.1. The molecular formula is C14H21NO2S. The van der Waals surface area contributed by atoms with Gasteiger partial charge in [-0.25, -0.2) is 0 Å². The zero-order chi connectivity index (χ0) is 13.5. The topological polar surface area (TPSA) is 52.3 Å². The van der Waals surface area contributed by atoms with Gasteiger partial charge in [-0.15, -0.1) is 0 Å². The molecule has 0 aromatic heterocycles. The van der Waals surface area contributed by atoms with Crippen LogP contribution >= 0.6 is 11.8 Å². The maximum Gasteiger partial charge on any atom is 0.306 e. The number of carbonyl (C=O) groups excluding carboxylic acids is 1. The molecule has 1 aromatic carbocycles. The molecule has 0 heterocycles. The number of thioether (sulfide) groups is 1. The summed E-state index contributed by atoms with van der Waals surface area (Å²) in [6, 6.07) is 8.40. The number of benzene rings is 1. The Morgan fingerprint density at radius 1 is 1.50 bits per heavy atom. The number of aryl methyl sites for hydroxylation is 1. The smallest absolute Gasteiger partial charge is 0.306 e. The molecule has 3 nitrogen and oxygen atoms in total. The minimum atomic E-state index is -0.171. The van der Waals surface area contributed by atoms with Crippen molar-refractivity contribution in [2.24, 2.45) is 5.73 Å². The maximum atomic E-state index is 11.1. The first-order valence-electron chi connectivity index (χ1n) is 6.05. The lowest BCUT2D eigenvalue weighted by Gasteiger charge is -2.21. The van der Waals surface area contributed by atoms with Crippen molar-refractivity contribution in [1.82, 2.24) is 0 Å². The average Bonchev–Trinajstić information content (AvgIpc) is 2.33. The Hall–Kier alpha value is -1.00. The summed E-state index contributed by atoms with van der Waals surface area (Å²) in [7, 11) is 1.41. The van der Waals surface area contributed by atoms with Gasteiger partial charge in [-0.3, -0.25) is 4.79 Å². The Morgan fingerprint density at radius 2 is 2.22 bits per heavy atom. The number of esters is 1. The molecule has 0 radical (unpaired) electrons. The van der Waals surface area contributed by atoms with Crippen molar-refractivity contribution in [3.8, 4) is 0 Å². The Balaban J connectivity index is 2.63. The number of rotatable bonds is 6. The Morgan fingerprint density at radius 3 is 2.78 bits per heavy atom. The average molecular weight is 267 g/mol. The van der Waals surface area contributed by atoms with E-state index in [1.165, 1.54) is 18.2 Å². The molecule has 0 fully saturated rings. The van der Waals surface area contributed by atoms with Crippen LogP contribution in [0.15, 0.2) is 24.3 Å². The predicted octanol–water partition coefficient (Wildman–Crippen LogP) is 2.68. The summed E-state index contributed by atoms with van der Waals surface area (Å²) < 4.78 is 4.63. The summed E-state index contributed by atoms with van der Waals surface area (Å²) in [6.07, 6.45) is 0.427. The number of hydrogen-bond donors (Lipinski definition) is 1. The van der Waals surface area contributed by atoms with Crippen LogP contribution in [0.3, 0.4) is 0 Å². The van der Waals surface area contributed by atoms with E-state index in [4.69, 9.17) is 5.73 Å². The van der Waals surface area contributed by atoms with Crippen molar-refractivity contribution in [2.45, 2.75) is 31.6 Å². The van der Waals surface area contributed by atoms with Gasteiger partial charge < -0.3 is 10.5 Å². The van der Waals surface area contributed by atoms with E-state index >= 15 is 0 Å². The van der Waals surface area contributed by atoms with Crippen LogP contribution in [0.2, 0.25) is 0 Å². The second kappa shape index (κ2) is 7.44. The molecule has 0 saturated carbocycles. The fourth-order valence-electron chi connectivity index (χ4n) is 1.77. The first-order valence-corrected chi connectivity index (χ1v) is 7.10. The number of ether oxygens (including phenoxy) is 1. The molecule has 0 bridgehead atoms. The molecule has 2 N–H and O–H groups in total. The van der Waals surface area contributed by atoms with E-state index in [0.29, 0.717) is 6.42 Å². The van der Waals surface area contributed by atoms with Gasteiger partial charge in [-0.05, 0) is 19.4 Å². The molecule has 4 heteroatoms. The van der Waals surface area contributed by atoms with E-state index in [1.807, 2.05) is 13.0 Å². The fraction of sp³-hybridized carbons (Fsp3) is 0.500. The molecule has 0 aliphatic heterocycles. The number of methoxy groups -OCH3 is 1. The summed E-state index contributed by atoms with van der Waals surface area (Å²) in [5, 5.41) is 0.217. The van der Waals surface area contributed by atoms with E-state index in [1.54, 1.807) is 11.8 Å². The van der Waals surface area contributed by atoms with Gasteiger partial charge >= 0.3 is 5.97 Å². The monoisotopic (exact) mass is 267 g/mol. The van der Waals surface area contributed by atoms with Crippen molar-refractivity contribution in [1.29, 1.82) is 0 Å². The maximum absolute atomic E-state index is 11.1. The van der Waals surface area contributed by atoms with Gasteiger partial charge in [0.2, 0.25) is 0 Å². The van der Waals surface area contributed by atoms with Gasteiger partial charge in [0.1, 0.15) is 0 Å². The van der Waals surface area contributed by atoms with Crippen LogP contribution in [-0.2, 0) is 9.53 Å². The largest absolute Gasteiger partial charge is 0.469 e. The highest BCUT2D eigenvalue weighted by molar-refractivity contribution is 7.99. The van der Waals surface area contributed by atoms with Crippen molar-refractivity contribution in [3.63, 3.8) is 0 Å². The second-order valence-electron chi connectivity index (χ2n) is 4.39. The van der Waals surface area contributed by atoms with Crippen LogP contribution in [0.25, 0.3) is 0 Å². The highest BCUT2D eigenvalue weighted by Crippen LogP contribution is 2.32. The molecule has 0 aliphatic carbocycles. The predicted molar refractivity (Wildman–Crippen MR) is 76.7 cm³/mol. The molecular weight excluding hydrogens is 246 g/mol. The third-order valence-corrected chi connectivity index (χ3v) is 4.18. The van der Waals surface area contributed by atoms with Crippen LogP contribution in [0.4, 0.5) is 0 Å². The summed E-state index contributed by atoms with van der Waals surface area (Å²) in [6.45, 7) is 4.07. The Bertz CT molecular complexity index is 393. The van der Waals surface area contributed by atoms with E-state index in [9.17, 15) is 4.79 Å². The summed E-state index contributed by atoms with van der Waals surface area (Å²) >= 11 is 1.71. The molecule has 18 heavy (non-hydrogen) atoms. The minimum Gasteiger partial charge on any atom is -0.469 e. The van der Waals surface area contributed by atoms with Crippen molar-refractivity contribution >= 4 is 17.7 Å². The van der Waals surface area contributed by atoms with Gasteiger partial charge in [-0.2, -0.15) is 11.8 Å². The third kappa shape index (κ3) is 4.70. The van der Waals surface area contributed by atoms with Gasteiger partial charge in [-0.1, -0.05) is 29.8 Å². The summed E-state index contributed by atoms with van der Waals surface area (Å²) in [5.74, 6) is 0.558. The summed E-state index contributed by atoms with van der Waals surface area (Å²) in [5.41, 5.74) is 8.48. The molecule has 2 unspecified atom stereocenters. The van der Waals surface area contributed by atoms with Crippen LogP contribution < -0.4 is 5.73 Å². The second-order valence-corrected chi connectivity index (χ2v) is 5.64. The van der Waals surface area contributed by atoms with E-state index < -0.39 is 0 Å². The van der Waals surface area contributed by atoms with Crippen molar-refractivity contribution in [3.05, 3.63) is 35.4 Å². The standard InChI is InChI=1S/C14H21NO2S/c1-10-5-4-6-12(9-10)14(11(2)15)18-8-7-13(16)17-3/h4-6,9,11,14H,7-8,15H2,1-3H3. The zero-order valence-corrected chi connectivity index (χ0v) is 12.0. The van der Waals surface area contributed by atoms with Crippen molar-refractivity contribution in [2.75, 3.05) is 12.9 Å². The Kier molecular flexibility index (Phi) is 6.22. The molecule has 0 saturated heterocycles. The lowest BCUT2D eigenvalue weighted by molar-refractivity contribution is -0.140. The molecule has 100 valence electrons. The minimum absolute atomic E-state index is 0.0504. The number of nitrogens with two attached hydrogens (primary N) is 1. The number of carbonyl (C=O) groups is 1. The SMILES string of the molecule is COC(=O)CCSC(c1cccc(C)c1)C(C)N. The third-order valence-electron chi connectivity index (χ3n) is 2.68. The molecule has 2 atom stereocenters. The molecule has 0 spiro atoms. The zero-order valence-electron chi connectivity index (χ0n) is 11.2. The van der Waals surface area contributed by atoms with Gasteiger partial charge in [0.15, 0.2) is 0 Å². The van der Waals surface area contributed by atoms with Gasteiger partial charge in [0.05, 0.1) is 13.5 Å². The van der Waals surface area contributed by atoms with Crippen LogP contribution in [-0.4, -0.2) is 24.9 Å². The van der Waals surface area contributed by atoms with E-state index in [2.05, 4.69) is 29.9 Å². The lowest BCUT2D eigenvalue weighted by atomic mass is 10.0.